The second kappa shape index (κ2) is 21.8. The van der Waals surface area contributed by atoms with E-state index in [1.807, 2.05) is 0 Å². The Morgan fingerprint density at radius 1 is 0.640 bits per heavy atom. The van der Waals surface area contributed by atoms with Crippen molar-refractivity contribution < 1.29 is 71.4 Å². The minimum atomic E-state index is -4.12. The van der Waals surface area contributed by atoms with Crippen molar-refractivity contribution >= 4 is 53.3 Å². The summed E-state index contributed by atoms with van der Waals surface area (Å²) in [5.41, 5.74) is -2.02. The lowest BCUT2D eigenvalue weighted by Gasteiger charge is -2.26. The zero-order valence-corrected chi connectivity index (χ0v) is 31.6. The molecule has 0 aliphatic heterocycles. The minimum Gasteiger partial charge on any atom is -0.481 e. The molecule has 288 valence electrons. The van der Waals surface area contributed by atoms with Crippen molar-refractivity contribution in [2.24, 2.45) is 0 Å². The van der Waals surface area contributed by atoms with Gasteiger partial charge in [-0.25, -0.2) is 4.79 Å². The SMILES string of the molecule is C=C(C)C(=O)NC(C)(C)CC(=O)O.C=C(C)C(=O)NC(C)(C)CP(=O)(O)O.C=C(C)C(=O)NC(C)(C)CS(=O)(=O)O.C=C(CC(=O)O)C(=O)O. The molecule has 50 heavy (non-hydrogen) atoms. The number of carbonyl (C=O) groups excluding carboxylic acids is 3. The molecule has 0 heterocycles. The van der Waals surface area contributed by atoms with E-state index in [0.29, 0.717) is 11.1 Å². The van der Waals surface area contributed by atoms with E-state index in [1.54, 1.807) is 34.6 Å². The summed E-state index contributed by atoms with van der Waals surface area (Å²) in [6, 6.07) is 0. The number of hydrogen-bond donors (Lipinski definition) is 9. The van der Waals surface area contributed by atoms with Crippen LogP contribution < -0.4 is 16.0 Å². The number of nitrogens with one attached hydrogen (secondary N) is 3. The maximum atomic E-state index is 11.2. The third-order valence-electron chi connectivity index (χ3n) is 4.92. The van der Waals surface area contributed by atoms with Crippen LogP contribution >= 0.6 is 7.60 Å². The minimum absolute atomic E-state index is 0.105. The summed E-state index contributed by atoms with van der Waals surface area (Å²) < 4.78 is 40.5. The van der Waals surface area contributed by atoms with Gasteiger partial charge in [0.05, 0.1) is 30.3 Å². The van der Waals surface area contributed by atoms with Gasteiger partial charge >= 0.3 is 25.5 Å². The molecule has 0 aromatic heterocycles. The van der Waals surface area contributed by atoms with Gasteiger partial charge in [0.15, 0.2) is 0 Å². The molecular weight excluding hydrogens is 705 g/mol. The van der Waals surface area contributed by atoms with Crippen molar-refractivity contribution in [2.45, 2.75) is 91.8 Å². The molecule has 0 radical (unpaired) electrons. The third-order valence-corrected chi connectivity index (χ3v) is 7.21. The molecule has 0 aliphatic carbocycles. The monoisotopic (exact) mass is 757 g/mol. The van der Waals surface area contributed by atoms with E-state index in [1.165, 1.54) is 27.7 Å². The molecule has 0 saturated heterocycles. The Balaban J connectivity index is -0.000000286. The highest BCUT2D eigenvalue weighted by atomic mass is 32.2. The molecule has 18 nitrogen and oxygen atoms in total. The van der Waals surface area contributed by atoms with E-state index in [4.69, 9.17) is 29.7 Å². The second-order valence-corrected chi connectivity index (χ2v) is 16.1. The van der Waals surface area contributed by atoms with Gasteiger partial charge in [0.25, 0.3) is 10.1 Å². The van der Waals surface area contributed by atoms with Crippen LogP contribution in [-0.2, 0) is 43.5 Å². The van der Waals surface area contributed by atoms with E-state index < -0.39 is 76.2 Å². The number of carboxylic acids is 3. The lowest BCUT2D eigenvalue weighted by molar-refractivity contribution is -0.139. The highest BCUT2D eigenvalue weighted by Gasteiger charge is 2.30. The first-order valence-electron chi connectivity index (χ1n) is 14.1. The molecular formula is C30H52N3O15PS. The average Bonchev–Trinajstić information content (AvgIpc) is 2.79. The Hall–Kier alpha value is -4.16. The number of aliphatic carboxylic acids is 3. The molecule has 0 aromatic carbocycles. The Morgan fingerprint density at radius 2 is 0.960 bits per heavy atom. The zero-order chi connectivity index (χ0) is 41.2. The van der Waals surface area contributed by atoms with Crippen LogP contribution in [0.4, 0.5) is 0 Å². The van der Waals surface area contributed by atoms with Crippen molar-refractivity contribution in [3.05, 3.63) is 48.6 Å². The first kappa shape index (κ1) is 52.6. The molecule has 0 rings (SSSR count). The van der Waals surface area contributed by atoms with Gasteiger partial charge in [-0.05, 0) is 62.3 Å². The maximum Gasteiger partial charge on any atom is 0.331 e. The Morgan fingerprint density at radius 3 is 1.18 bits per heavy atom. The molecule has 9 N–H and O–H groups in total. The largest absolute Gasteiger partial charge is 0.481 e. The number of amides is 3. The normalized spacial score (nSPS) is 11.2. The highest BCUT2D eigenvalue weighted by Crippen LogP contribution is 2.38. The lowest BCUT2D eigenvalue weighted by atomic mass is 10.0. The molecule has 0 spiro atoms. The number of carbonyl (C=O) groups is 6. The van der Waals surface area contributed by atoms with Gasteiger partial charge in [0.2, 0.25) is 17.7 Å². The van der Waals surface area contributed by atoms with Crippen LogP contribution in [0.1, 0.15) is 75.2 Å². The van der Waals surface area contributed by atoms with Crippen molar-refractivity contribution in [3.63, 3.8) is 0 Å². The molecule has 0 fully saturated rings. The molecule has 0 saturated carbocycles. The Labute approximate surface area is 292 Å². The predicted octanol–water partition coefficient (Wildman–Crippen LogP) is 2.01. The van der Waals surface area contributed by atoms with E-state index in [0.717, 1.165) is 0 Å². The summed E-state index contributed by atoms with van der Waals surface area (Å²) >= 11 is 0. The van der Waals surface area contributed by atoms with Gasteiger partial charge < -0.3 is 41.1 Å². The summed E-state index contributed by atoms with van der Waals surface area (Å²) in [5, 5.41) is 32.1. The van der Waals surface area contributed by atoms with E-state index in [2.05, 4.69) is 42.3 Å². The maximum absolute atomic E-state index is 11.2. The van der Waals surface area contributed by atoms with Gasteiger partial charge in [0, 0.05) is 33.4 Å². The molecule has 3 amide bonds. The number of rotatable bonds is 15. The first-order chi connectivity index (χ1) is 21.8. The summed E-state index contributed by atoms with van der Waals surface area (Å²) in [4.78, 5) is 81.0. The molecule has 20 heteroatoms. The van der Waals surface area contributed by atoms with Gasteiger partial charge in [-0.2, -0.15) is 8.42 Å². The summed E-state index contributed by atoms with van der Waals surface area (Å²) in [6.07, 6.45) is -1.000. The van der Waals surface area contributed by atoms with Crippen LogP contribution in [0.5, 0.6) is 0 Å². The van der Waals surface area contributed by atoms with Crippen LogP contribution in [0.15, 0.2) is 48.6 Å². The molecule has 0 atom stereocenters. The average molecular weight is 758 g/mol. The standard InChI is InChI=1S/C9H15NO3.C8H16NO4P.C8H15NO4S.C5H6O4/c1-6(2)8(13)10-9(3,4)5-7(11)12;2*1-6(2)7(10)9-8(3,4)5-14(11,12)13;1-3(5(8)9)2-4(6)7/h1,5H2,2-4H3,(H,10,13)(H,11,12);1,5H2,2-4H3,(H,9,10)(H2,11,12,13);1,5H2,2-4H3,(H,9,10)(H,11,12,13);1-2H2,(H,6,7)(H,8,9). The Kier molecular flexibility index (Phi) is 23.0. The Bertz CT molecular complexity index is 1470. The fourth-order valence-electron chi connectivity index (χ4n) is 2.97. The summed E-state index contributed by atoms with van der Waals surface area (Å²) in [6.45, 7) is 27.3. The van der Waals surface area contributed by atoms with Crippen molar-refractivity contribution in [2.75, 3.05) is 11.9 Å². The van der Waals surface area contributed by atoms with Gasteiger partial charge in [-0.3, -0.25) is 33.1 Å². The van der Waals surface area contributed by atoms with Crippen molar-refractivity contribution in [1.29, 1.82) is 0 Å². The fraction of sp³-hybridized carbons (Fsp3) is 0.533. The molecule has 0 unspecified atom stereocenters. The third kappa shape index (κ3) is 35.2. The fourth-order valence-corrected chi connectivity index (χ4v) is 5.06. The van der Waals surface area contributed by atoms with Crippen molar-refractivity contribution in [1.82, 2.24) is 16.0 Å². The van der Waals surface area contributed by atoms with Crippen LogP contribution in [-0.4, -0.2) is 102 Å². The van der Waals surface area contributed by atoms with E-state index >= 15 is 0 Å². The highest BCUT2D eigenvalue weighted by molar-refractivity contribution is 7.85. The van der Waals surface area contributed by atoms with Crippen LogP contribution in [0.3, 0.4) is 0 Å². The topological polar surface area (TPSA) is 311 Å². The number of carboxylic acid groups (broad SMARTS) is 3. The van der Waals surface area contributed by atoms with E-state index in [9.17, 15) is 41.8 Å². The van der Waals surface area contributed by atoms with Gasteiger partial charge in [-0.1, -0.05) is 26.3 Å². The molecule has 0 aromatic rings. The summed E-state index contributed by atoms with van der Waals surface area (Å²) in [7, 11) is -8.22. The van der Waals surface area contributed by atoms with Crippen LogP contribution in [0.2, 0.25) is 0 Å². The van der Waals surface area contributed by atoms with E-state index in [-0.39, 0.29) is 29.6 Å². The lowest BCUT2D eigenvalue weighted by Crippen LogP contribution is -2.48. The second-order valence-electron chi connectivity index (χ2n) is 13.0. The quantitative estimate of drug-likeness (QED) is 0.0656. The molecule has 0 aliphatic rings. The predicted molar refractivity (Wildman–Crippen MR) is 186 cm³/mol. The van der Waals surface area contributed by atoms with Crippen LogP contribution in [0.25, 0.3) is 0 Å². The van der Waals surface area contributed by atoms with Gasteiger partial charge in [0.1, 0.15) is 0 Å². The van der Waals surface area contributed by atoms with Gasteiger partial charge in [-0.15, -0.1) is 0 Å². The molecule has 0 bridgehead atoms. The number of hydrogen-bond acceptors (Lipinski definition) is 9. The van der Waals surface area contributed by atoms with Crippen LogP contribution in [0, 0.1) is 0 Å². The van der Waals surface area contributed by atoms with Crippen molar-refractivity contribution in [3.8, 4) is 0 Å². The smallest absolute Gasteiger partial charge is 0.331 e. The summed E-state index contributed by atoms with van der Waals surface area (Å²) in [5.74, 6) is -5.06. The first-order valence-corrected chi connectivity index (χ1v) is 17.5. The zero-order valence-electron chi connectivity index (χ0n) is 29.9.